The van der Waals surface area contributed by atoms with Gasteiger partial charge >= 0.3 is 5.76 Å². The van der Waals surface area contributed by atoms with E-state index >= 15 is 0 Å². The van der Waals surface area contributed by atoms with Crippen LogP contribution in [0.2, 0.25) is 0 Å². The molecule has 1 aromatic carbocycles. The van der Waals surface area contributed by atoms with Crippen LogP contribution in [0, 0.1) is 0 Å². The predicted octanol–water partition coefficient (Wildman–Crippen LogP) is 1.49. The Morgan fingerprint density at radius 3 is 2.80 bits per heavy atom. The van der Waals surface area contributed by atoms with Crippen LogP contribution in [0.4, 0.5) is 0 Å². The Morgan fingerprint density at radius 2 is 2.10 bits per heavy atom. The minimum atomic E-state index is -0.299. The minimum absolute atomic E-state index is 0.299. The van der Waals surface area contributed by atoms with Crippen LogP contribution < -0.4 is 11.1 Å². The van der Waals surface area contributed by atoms with Gasteiger partial charge in [0.1, 0.15) is 0 Å². The van der Waals surface area contributed by atoms with E-state index in [0.717, 1.165) is 38.1 Å². The topological polar surface area (TPSA) is 50.4 Å². The maximum atomic E-state index is 11.6. The standard InChI is InChI=1S/C15H21N3O2/c1-3-12(18-8-6-16-7-9-18)11-4-5-13-14(10-11)20-15(19)17(13)2/h4-5,10,12,16H,3,6-9H2,1-2H3. The molecule has 1 fully saturated rings. The van der Waals surface area contributed by atoms with E-state index in [1.165, 1.54) is 5.56 Å². The summed E-state index contributed by atoms with van der Waals surface area (Å²) in [5, 5.41) is 3.38. The molecule has 5 heteroatoms. The Bertz CT molecular complexity index is 653. The molecule has 1 aromatic heterocycles. The maximum Gasteiger partial charge on any atom is 0.419 e. The smallest absolute Gasteiger partial charge is 0.408 e. The van der Waals surface area contributed by atoms with E-state index < -0.39 is 0 Å². The Balaban J connectivity index is 1.96. The van der Waals surface area contributed by atoms with E-state index in [4.69, 9.17) is 4.42 Å². The summed E-state index contributed by atoms with van der Waals surface area (Å²) in [5.74, 6) is -0.299. The zero-order valence-corrected chi connectivity index (χ0v) is 12.1. The molecule has 1 unspecified atom stereocenters. The van der Waals surface area contributed by atoms with Crippen molar-refractivity contribution in [1.82, 2.24) is 14.8 Å². The summed E-state index contributed by atoms with van der Waals surface area (Å²) < 4.78 is 6.84. The number of piperazine rings is 1. The van der Waals surface area contributed by atoms with Crippen molar-refractivity contribution >= 4 is 11.1 Å². The van der Waals surface area contributed by atoms with Crippen LogP contribution in [0.25, 0.3) is 11.1 Å². The number of hydrogen-bond donors (Lipinski definition) is 1. The first-order chi connectivity index (χ1) is 9.70. The summed E-state index contributed by atoms with van der Waals surface area (Å²) in [6, 6.07) is 6.52. The molecule has 2 heterocycles. The normalized spacial score (nSPS) is 18.5. The SMILES string of the molecule is CCC(c1ccc2c(c1)oc(=O)n2C)N1CCNCC1. The molecule has 0 amide bonds. The van der Waals surface area contributed by atoms with Crippen molar-refractivity contribution in [2.45, 2.75) is 19.4 Å². The highest BCUT2D eigenvalue weighted by molar-refractivity contribution is 5.73. The molecule has 3 rings (SSSR count). The number of oxazole rings is 1. The highest BCUT2D eigenvalue weighted by atomic mass is 16.4. The summed E-state index contributed by atoms with van der Waals surface area (Å²) in [4.78, 5) is 14.1. The largest absolute Gasteiger partial charge is 0.419 e. The lowest BCUT2D eigenvalue weighted by molar-refractivity contribution is 0.169. The molecule has 1 atom stereocenters. The van der Waals surface area contributed by atoms with Crippen molar-refractivity contribution in [3.05, 3.63) is 34.3 Å². The lowest BCUT2D eigenvalue weighted by atomic mass is 10.0. The van der Waals surface area contributed by atoms with Crippen LogP contribution in [0.5, 0.6) is 0 Å². The molecule has 1 aliphatic heterocycles. The van der Waals surface area contributed by atoms with E-state index in [1.54, 1.807) is 11.6 Å². The molecule has 108 valence electrons. The fourth-order valence-electron chi connectivity index (χ4n) is 3.06. The number of hydrogen-bond acceptors (Lipinski definition) is 4. The van der Waals surface area contributed by atoms with Gasteiger partial charge in [-0.1, -0.05) is 13.0 Å². The number of rotatable bonds is 3. The number of nitrogens with zero attached hydrogens (tertiary/aromatic N) is 2. The van der Waals surface area contributed by atoms with E-state index in [0.29, 0.717) is 11.6 Å². The average Bonchev–Trinajstić information content (AvgIpc) is 2.76. The summed E-state index contributed by atoms with van der Waals surface area (Å²) in [6.45, 7) is 6.42. The lowest BCUT2D eigenvalue weighted by Crippen LogP contribution is -2.45. The number of aromatic nitrogens is 1. The third-order valence-corrected chi connectivity index (χ3v) is 4.18. The maximum absolute atomic E-state index is 11.6. The van der Waals surface area contributed by atoms with Gasteiger partial charge in [0.15, 0.2) is 5.58 Å². The predicted molar refractivity (Wildman–Crippen MR) is 78.9 cm³/mol. The van der Waals surface area contributed by atoms with Crippen molar-refractivity contribution in [2.75, 3.05) is 26.2 Å². The van der Waals surface area contributed by atoms with Crippen molar-refractivity contribution in [2.24, 2.45) is 7.05 Å². The quantitative estimate of drug-likeness (QED) is 0.922. The molecule has 0 radical (unpaired) electrons. The van der Waals surface area contributed by atoms with Gasteiger partial charge in [-0.15, -0.1) is 0 Å². The van der Waals surface area contributed by atoms with Crippen molar-refractivity contribution in [1.29, 1.82) is 0 Å². The molecule has 0 aliphatic carbocycles. The van der Waals surface area contributed by atoms with Crippen LogP contribution in [-0.4, -0.2) is 35.6 Å². The van der Waals surface area contributed by atoms with Gasteiger partial charge < -0.3 is 9.73 Å². The molecular formula is C15H21N3O2. The number of aryl methyl sites for hydroxylation is 1. The summed E-state index contributed by atoms with van der Waals surface area (Å²) in [7, 11) is 1.74. The molecule has 1 aliphatic rings. The second-order valence-corrected chi connectivity index (χ2v) is 5.36. The molecule has 1 N–H and O–H groups in total. The van der Waals surface area contributed by atoms with E-state index in [1.807, 2.05) is 12.1 Å². The van der Waals surface area contributed by atoms with Gasteiger partial charge in [0.25, 0.3) is 0 Å². The summed E-state index contributed by atoms with van der Waals surface area (Å²) >= 11 is 0. The van der Waals surface area contributed by atoms with Gasteiger partial charge in [0, 0.05) is 39.3 Å². The molecule has 0 saturated carbocycles. The van der Waals surface area contributed by atoms with Gasteiger partial charge in [0.05, 0.1) is 5.52 Å². The number of nitrogens with one attached hydrogen (secondary N) is 1. The second-order valence-electron chi connectivity index (χ2n) is 5.36. The zero-order valence-electron chi connectivity index (χ0n) is 12.1. The van der Waals surface area contributed by atoms with Crippen molar-refractivity contribution < 1.29 is 4.42 Å². The fourth-order valence-corrected chi connectivity index (χ4v) is 3.06. The van der Waals surface area contributed by atoms with Crippen LogP contribution >= 0.6 is 0 Å². The Hall–Kier alpha value is -1.59. The molecule has 20 heavy (non-hydrogen) atoms. The third kappa shape index (κ3) is 2.27. The monoisotopic (exact) mass is 275 g/mol. The average molecular weight is 275 g/mol. The first-order valence-corrected chi connectivity index (χ1v) is 7.25. The Morgan fingerprint density at radius 1 is 1.35 bits per heavy atom. The van der Waals surface area contributed by atoms with Gasteiger partial charge in [-0.2, -0.15) is 0 Å². The van der Waals surface area contributed by atoms with Gasteiger partial charge in [-0.3, -0.25) is 9.47 Å². The number of fused-ring (bicyclic) bond motifs is 1. The van der Waals surface area contributed by atoms with Crippen LogP contribution in [-0.2, 0) is 7.05 Å². The highest BCUT2D eigenvalue weighted by Crippen LogP contribution is 2.27. The first-order valence-electron chi connectivity index (χ1n) is 7.25. The molecule has 0 spiro atoms. The molecule has 1 saturated heterocycles. The van der Waals surface area contributed by atoms with Crippen molar-refractivity contribution in [3.63, 3.8) is 0 Å². The second kappa shape index (κ2) is 5.42. The highest BCUT2D eigenvalue weighted by Gasteiger charge is 2.21. The minimum Gasteiger partial charge on any atom is -0.408 e. The Labute approximate surface area is 118 Å². The first kappa shape index (κ1) is 13.4. The van der Waals surface area contributed by atoms with E-state index in [-0.39, 0.29) is 5.76 Å². The van der Waals surface area contributed by atoms with Gasteiger partial charge in [-0.05, 0) is 24.1 Å². The summed E-state index contributed by atoms with van der Waals surface area (Å²) in [6.07, 6.45) is 1.06. The van der Waals surface area contributed by atoms with Gasteiger partial charge in [0.2, 0.25) is 0 Å². The van der Waals surface area contributed by atoms with Gasteiger partial charge in [-0.25, -0.2) is 4.79 Å². The van der Waals surface area contributed by atoms with Crippen LogP contribution in [0.15, 0.2) is 27.4 Å². The molecular weight excluding hydrogens is 254 g/mol. The number of benzene rings is 1. The van der Waals surface area contributed by atoms with Crippen LogP contribution in [0.1, 0.15) is 24.9 Å². The zero-order chi connectivity index (χ0) is 14.1. The fraction of sp³-hybridized carbons (Fsp3) is 0.533. The van der Waals surface area contributed by atoms with E-state index in [9.17, 15) is 4.79 Å². The third-order valence-electron chi connectivity index (χ3n) is 4.18. The summed E-state index contributed by atoms with van der Waals surface area (Å²) in [5.41, 5.74) is 2.77. The van der Waals surface area contributed by atoms with Crippen molar-refractivity contribution in [3.8, 4) is 0 Å². The Kier molecular flexibility index (Phi) is 3.63. The molecule has 5 nitrogen and oxygen atoms in total. The molecule has 2 aromatic rings. The van der Waals surface area contributed by atoms with E-state index in [2.05, 4.69) is 23.2 Å². The van der Waals surface area contributed by atoms with Crippen LogP contribution in [0.3, 0.4) is 0 Å². The molecule has 0 bridgehead atoms. The lowest BCUT2D eigenvalue weighted by Gasteiger charge is -2.34.